The van der Waals surface area contributed by atoms with Crippen molar-refractivity contribution in [2.45, 2.75) is 19.4 Å². The van der Waals surface area contributed by atoms with Crippen LogP contribution in [-0.4, -0.2) is 11.2 Å². The van der Waals surface area contributed by atoms with Gasteiger partial charge in [-0.15, -0.1) is 0 Å². The van der Waals surface area contributed by atoms with E-state index in [-0.39, 0.29) is 6.10 Å². The van der Waals surface area contributed by atoms with Gasteiger partial charge in [-0.3, -0.25) is 0 Å². The molecule has 0 amide bonds. The Morgan fingerprint density at radius 1 is 1.33 bits per heavy atom. The largest absolute Gasteiger partial charge is 0.392 e. The summed E-state index contributed by atoms with van der Waals surface area (Å²) in [6, 6.07) is 0. The van der Waals surface area contributed by atoms with Crippen LogP contribution in [0.2, 0.25) is 0 Å². The van der Waals surface area contributed by atoms with Gasteiger partial charge in [-0.05, 0) is 18.3 Å². The maximum atomic E-state index is 9.44. The van der Waals surface area contributed by atoms with E-state index in [1.54, 1.807) is 0 Å². The van der Waals surface area contributed by atoms with Gasteiger partial charge in [0, 0.05) is 5.92 Å². The van der Waals surface area contributed by atoms with Crippen molar-refractivity contribution in [2.75, 3.05) is 0 Å². The summed E-state index contributed by atoms with van der Waals surface area (Å²) in [5.41, 5.74) is 0. The SMILES string of the molecule is C[C@@H]1[C@H](O)[C@@H]2C=C[C@H]1C2. The summed E-state index contributed by atoms with van der Waals surface area (Å²) in [5.74, 6) is 1.69. The van der Waals surface area contributed by atoms with Gasteiger partial charge in [0.15, 0.2) is 0 Å². The van der Waals surface area contributed by atoms with Gasteiger partial charge in [0.1, 0.15) is 0 Å². The lowest BCUT2D eigenvalue weighted by Gasteiger charge is -2.18. The minimum absolute atomic E-state index is 0.0417. The third kappa shape index (κ3) is 0.584. The van der Waals surface area contributed by atoms with Crippen LogP contribution in [0, 0.1) is 17.8 Å². The Hall–Kier alpha value is -0.300. The molecule has 0 aliphatic heterocycles. The molecule has 1 heteroatoms. The molecule has 1 saturated carbocycles. The lowest BCUT2D eigenvalue weighted by atomic mass is 9.93. The normalized spacial score (nSPS) is 54.9. The molecule has 0 aromatic heterocycles. The molecule has 1 nitrogen and oxygen atoms in total. The second kappa shape index (κ2) is 1.60. The van der Waals surface area contributed by atoms with Gasteiger partial charge in [-0.1, -0.05) is 19.1 Å². The minimum Gasteiger partial charge on any atom is -0.392 e. The molecule has 0 saturated heterocycles. The van der Waals surface area contributed by atoms with E-state index >= 15 is 0 Å². The van der Waals surface area contributed by atoms with Crippen LogP contribution in [0.5, 0.6) is 0 Å². The van der Waals surface area contributed by atoms with Crippen LogP contribution in [0.15, 0.2) is 12.2 Å². The van der Waals surface area contributed by atoms with E-state index in [0.717, 1.165) is 0 Å². The zero-order chi connectivity index (χ0) is 6.43. The number of aliphatic hydroxyl groups is 1. The average molecular weight is 124 g/mol. The van der Waals surface area contributed by atoms with Crippen molar-refractivity contribution in [2.24, 2.45) is 17.8 Å². The molecule has 2 aliphatic carbocycles. The first kappa shape index (κ1) is 5.48. The lowest BCUT2D eigenvalue weighted by molar-refractivity contribution is 0.105. The van der Waals surface area contributed by atoms with Crippen LogP contribution in [-0.2, 0) is 0 Å². The number of hydrogen-bond donors (Lipinski definition) is 1. The predicted octanol–water partition coefficient (Wildman–Crippen LogP) is 1.19. The highest BCUT2D eigenvalue weighted by atomic mass is 16.3. The van der Waals surface area contributed by atoms with Gasteiger partial charge in [0.2, 0.25) is 0 Å². The fraction of sp³-hybridized carbons (Fsp3) is 0.750. The van der Waals surface area contributed by atoms with Crippen molar-refractivity contribution in [3.8, 4) is 0 Å². The molecular weight excluding hydrogens is 112 g/mol. The molecule has 0 unspecified atom stereocenters. The van der Waals surface area contributed by atoms with E-state index in [0.29, 0.717) is 17.8 Å². The predicted molar refractivity (Wildman–Crippen MR) is 35.9 cm³/mol. The van der Waals surface area contributed by atoms with E-state index in [9.17, 15) is 5.11 Å². The molecule has 0 spiro atoms. The van der Waals surface area contributed by atoms with Gasteiger partial charge in [0.05, 0.1) is 6.10 Å². The number of hydrogen-bond acceptors (Lipinski definition) is 1. The van der Waals surface area contributed by atoms with Gasteiger partial charge in [0.25, 0.3) is 0 Å². The van der Waals surface area contributed by atoms with Crippen molar-refractivity contribution in [1.82, 2.24) is 0 Å². The smallest absolute Gasteiger partial charge is 0.0634 e. The highest BCUT2D eigenvalue weighted by Crippen LogP contribution is 2.42. The van der Waals surface area contributed by atoms with Crippen LogP contribution in [0.1, 0.15) is 13.3 Å². The van der Waals surface area contributed by atoms with Gasteiger partial charge < -0.3 is 5.11 Å². The number of allylic oxidation sites excluding steroid dienone is 1. The van der Waals surface area contributed by atoms with E-state index < -0.39 is 0 Å². The van der Waals surface area contributed by atoms with E-state index in [1.165, 1.54) is 6.42 Å². The first-order valence-corrected chi connectivity index (χ1v) is 3.65. The number of fused-ring (bicyclic) bond motifs is 2. The Morgan fingerprint density at radius 2 is 2.00 bits per heavy atom. The van der Waals surface area contributed by atoms with Crippen molar-refractivity contribution < 1.29 is 5.11 Å². The lowest BCUT2D eigenvalue weighted by Crippen LogP contribution is -2.21. The third-order valence-corrected chi connectivity index (χ3v) is 2.80. The van der Waals surface area contributed by atoms with Crippen molar-refractivity contribution in [3.05, 3.63) is 12.2 Å². The van der Waals surface area contributed by atoms with E-state index in [4.69, 9.17) is 0 Å². The summed E-state index contributed by atoms with van der Waals surface area (Å²) in [7, 11) is 0. The molecule has 0 radical (unpaired) electrons. The number of rotatable bonds is 0. The molecular formula is C8H12O. The van der Waals surface area contributed by atoms with E-state index in [1.807, 2.05) is 0 Å². The Labute approximate surface area is 55.4 Å². The molecule has 50 valence electrons. The first-order chi connectivity index (χ1) is 4.29. The Bertz CT molecular complexity index is 135. The highest BCUT2D eigenvalue weighted by molar-refractivity contribution is 5.13. The Kier molecular flexibility index (Phi) is 0.974. The van der Waals surface area contributed by atoms with Crippen molar-refractivity contribution in [1.29, 1.82) is 0 Å². The third-order valence-electron chi connectivity index (χ3n) is 2.80. The average Bonchev–Trinajstić information content (AvgIpc) is 2.37. The Balaban J connectivity index is 2.26. The first-order valence-electron chi connectivity index (χ1n) is 3.65. The summed E-state index contributed by atoms with van der Waals surface area (Å²) in [4.78, 5) is 0. The summed E-state index contributed by atoms with van der Waals surface area (Å²) < 4.78 is 0. The molecule has 2 rings (SSSR count). The molecule has 4 atom stereocenters. The summed E-state index contributed by atoms with van der Waals surface area (Å²) in [6.45, 7) is 2.14. The van der Waals surface area contributed by atoms with Gasteiger partial charge >= 0.3 is 0 Å². The zero-order valence-corrected chi connectivity index (χ0v) is 5.62. The van der Waals surface area contributed by atoms with Crippen LogP contribution >= 0.6 is 0 Å². The minimum atomic E-state index is -0.0417. The van der Waals surface area contributed by atoms with Crippen LogP contribution < -0.4 is 0 Å². The Morgan fingerprint density at radius 3 is 2.33 bits per heavy atom. The quantitative estimate of drug-likeness (QED) is 0.481. The summed E-state index contributed by atoms with van der Waals surface area (Å²) in [5, 5.41) is 9.44. The summed E-state index contributed by atoms with van der Waals surface area (Å²) in [6.07, 6.45) is 5.57. The molecule has 2 bridgehead atoms. The standard InChI is InChI=1S/C8H12O/c1-5-6-2-3-7(4-6)8(5)9/h2-3,5-9H,4H2,1H3/t5-,6-,7+,8-/m0/s1. The van der Waals surface area contributed by atoms with Crippen LogP contribution in [0.3, 0.4) is 0 Å². The summed E-state index contributed by atoms with van der Waals surface area (Å²) >= 11 is 0. The molecule has 9 heavy (non-hydrogen) atoms. The fourth-order valence-electron chi connectivity index (χ4n) is 2.04. The second-order valence-electron chi connectivity index (χ2n) is 3.30. The maximum absolute atomic E-state index is 9.44. The van der Waals surface area contributed by atoms with Gasteiger partial charge in [-0.25, -0.2) is 0 Å². The van der Waals surface area contributed by atoms with Crippen molar-refractivity contribution in [3.63, 3.8) is 0 Å². The highest BCUT2D eigenvalue weighted by Gasteiger charge is 2.40. The molecule has 0 aromatic carbocycles. The monoisotopic (exact) mass is 124 g/mol. The topological polar surface area (TPSA) is 20.2 Å². The molecule has 2 aliphatic rings. The maximum Gasteiger partial charge on any atom is 0.0634 e. The fourth-order valence-corrected chi connectivity index (χ4v) is 2.04. The molecule has 0 aromatic rings. The van der Waals surface area contributed by atoms with E-state index in [2.05, 4.69) is 19.1 Å². The number of aliphatic hydroxyl groups excluding tert-OH is 1. The van der Waals surface area contributed by atoms with Crippen molar-refractivity contribution >= 4 is 0 Å². The van der Waals surface area contributed by atoms with Gasteiger partial charge in [-0.2, -0.15) is 0 Å². The van der Waals surface area contributed by atoms with Crippen LogP contribution in [0.25, 0.3) is 0 Å². The second-order valence-corrected chi connectivity index (χ2v) is 3.30. The molecule has 1 N–H and O–H groups in total. The van der Waals surface area contributed by atoms with Crippen LogP contribution in [0.4, 0.5) is 0 Å². The molecule has 0 heterocycles. The zero-order valence-electron chi connectivity index (χ0n) is 5.62. The molecule has 1 fully saturated rings.